The number of hydrogen-bond acceptors (Lipinski definition) is 4. The normalized spacial score (nSPS) is 10.7. The molecule has 0 spiro atoms. The number of phenolic OH excluding ortho intramolecular Hbond substituents is 1. The molecule has 1 aromatic heterocycles. The highest BCUT2D eigenvalue weighted by atomic mass is 16.5. The standard InChI is InChI=1S/C14H9NO3/c16-8-9-4-5-13-12(6-9)14(18-15-13)10-2-1-3-11(17)7-10/h1-8,17H. The van der Waals surface area contributed by atoms with Gasteiger partial charge in [0.05, 0.1) is 5.39 Å². The number of hydrogen-bond donors (Lipinski definition) is 1. The van der Waals surface area contributed by atoms with Gasteiger partial charge < -0.3 is 9.63 Å². The molecule has 1 heterocycles. The van der Waals surface area contributed by atoms with Gasteiger partial charge in [0.1, 0.15) is 17.6 Å². The molecule has 1 N–H and O–H groups in total. The van der Waals surface area contributed by atoms with Crippen LogP contribution in [0.2, 0.25) is 0 Å². The number of carbonyl (C=O) groups is 1. The van der Waals surface area contributed by atoms with Crippen LogP contribution in [0.25, 0.3) is 22.2 Å². The van der Waals surface area contributed by atoms with E-state index in [4.69, 9.17) is 4.52 Å². The molecule has 0 bridgehead atoms. The first-order chi connectivity index (χ1) is 8.78. The largest absolute Gasteiger partial charge is 0.508 e. The van der Waals surface area contributed by atoms with Crippen molar-refractivity contribution >= 4 is 17.2 Å². The Morgan fingerprint density at radius 2 is 2.06 bits per heavy atom. The highest BCUT2D eigenvalue weighted by Crippen LogP contribution is 2.30. The fourth-order valence-corrected chi connectivity index (χ4v) is 1.89. The number of aromatic hydroxyl groups is 1. The summed E-state index contributed by atoms with van der Waals surface area (Å²) in [6, 6.07) is 11.8. The van der Waals surface area contributed by atoms with Crippen molar-refractivity contribution in [2.45, 2.75) is 0 Å². The van der Waals surface area contributed by atoms with E-state index in [1.54, 1.807) is 36.4 Å². The summed E-state index contributed by atoms with van der Waals surface area (Å²) in [5, 5.41) is 14.1. The van der Waals surface area contributed by atoms with Crippen molar-refractivity contribution in [3.05, 3.63) is 48.0 Å². The minimum absolute atomic E-state index is 0.156. The van der Waals surface area contributed by atoms with Gasteiger partial charge in [0.15, 0.2) is 5.76 Å². The molecule has 0 fully saturated rings. The predicted molar refractivity (Wildman–Crippen MR) is 66.5 cm³/mol. The first-order valence-corrected chi connectivity index (χ1v) is 5.42. The molecule has 4 heteroatoms. The van der Waals surface area contributed by atoms with E-state index >= 15 is 0 Å². The first-order valence-electron chi connectivity index (χ1n) is 5.42. The zero-order valence-corrected chi connectivity index (χ0v) is 9.33. The van der Waals surface area contributed by atoms with E-state index in [-0.39, 0.29) is 5.75 Å². The Balaban J connectivity index is 2.26. The van der Waals surface area contributed by atoms with Crippen LogP contribution in [0.5, 0.6) is 5.75 Å². The Hall–Kier alpha value is -2.62. The molecule has 4 nitrogen and oxygen atoms in total. The highest BCUT2D eigenvalue weighted by molar-refractivity contribution is 5.95. The lowest BCUT2D eigenvalue weighted by molar-refractivity contribution is 0.112. The van der Waals surface area contributed by atoms with E-state index < -0.39 is 0 Å². The van der Waals surface area contributed by atoms with Crippen LogP contribution in [-0.2, 0) is 0 Å². The third kappa shape index (κ3) is 1.64. The summed E-state index contributed by atoms with van der Waals surface area (Å²) in [6.07, 6.45) is 0.776. The smallest absolute Gasteiger partial charge is 0.174 e. The number of rotatable bonds is 2. The van der Waals surface area contributed by atoms with Gasteiger partial charge in [-0.3, -0.25) is 4.79 Å². The van der Waals surface area contributed by atoms with Gasteiger partial charge in [0, 0.05) is 11.1 Å². The van der Waals surface area contributed by atoms with E-state index in [0.717, 1.165) is 17.2 Å². The van der Waals surface area contributed by atoms with Gasteiger partial charge in [-0.25, -0.2) is 0 Å². The number of fused-ring (bicyclic) bond motifs is 1. The summed E-state index contributed by atoms with van der Waals surface area (Å²) in [7, 11) is 0. The van der Waals surface area contributed by atoms with Crippen molar-refractivity contribution in [3.63, 3.8) is 0 Å². The Morgan fingerprint density at radius 3 is 2.83 bits per heavy atom. The van der Waals surface area contributed by atoms with E-state index in [2.05, 4.69) is 5.16 Å². The SMILES string of the molecule is O=Cc1ccc2noc(-c3cccc(O)c3)c2c1. The van der Waals surface area contributed by atoms with Crippen LogP contribution in [0.15, 0.2) is 47.0 Å². The number of carbonyl (C=O) groups excluding carboxylic acids is 1. The molecule has 0 atom stereocenters. The number of benzene rings is 2. The fourth-order valence-electron chi connectivity index (χ4n) is 1.89. The molecule has 0 saturated carbocycles. The maximum atomic E-state index is 10.8. The Bertz CT molecular complexity index is 731. The van der Waals surface area contributed by atoms with Gasteiger partial charge in [-0.15, -0.1) is 0 Å². The van der Waals surface area contributed by atoms with Crippen molar-refractivity contribution < 1.29 is 14.4 Å². The molecular formula is C14H9NO3. The number of aldehydes is 1. The van der Waals surface area contributed by atoms with Gasteiger partial charge >= 0.3 is 0 Å². The summed E-state index contributed by atoms with van der Waals surface area (Å²) in [4.78, 5) is 10.8. The summed E-state index contributed by atoms with van der Waals surface area (Å²) >= 11 is 0. The molecule has 2 aromatic carbocycles. The lowest BCUT2D eigenvalue weighted by Gasteiger charge is -1.98. The van der Waals surface area contributed by atoms with E-state index in [1.807, 2.05) is 6.07 Å². The minimum Gasteiger partial charge on any atom is -0.508 e. The van der Waals surface area contributed by atoms with Gasteiger partial charge in [0.25, 0.3) is 0 Å². The first kappa shape index (κ1) is 10.5. The second-order valence-electron chi connectivity index (χ2n) is 3.96. The monoisotopic (exact) mass is 239 g/mol. The lowest BCUT2D eigenvalue weighted by Crippen LogP contribution is -1.80. The Labute approximate surface area is 102 Å². The van der Waals surface area contributed by atoms with Crippen LogP contribution < -0.4 is 0 Å². The summed E-state index contributed by atoms with van der Waals surface area (Å²) in [6.45, 7) is 0. The molecule has 3 rings (SSSR count). The van der Waals surface area contributed by atoms with Crippen molar-refractivity contribution in [2.75, 3.05) is 0 Å². The molecule has 0 aliphatic carbocycles. The molecule has 0 unspecified atom stereocenters. The van der Waals surface area contributed by atoms with Crippen molar-refractivity contribution in [3.8, 4) is 17.1 Å². The number of aromatic nitrogens is 1. The quantitative estimate of drug-likeness (QED) is 0.698. The lowest BCUT2D eigenvalue weighted by atomic mass is 10.1. The molecule has 0 radical (unpaired) electrons. The zero-order chi connectivity index (χ0) is 12.5. The van der Waals surface area contributed by atoms with Gasteiger partial charge in [-0.1, -0.05) is 17.3 Å². The van der Waals surface area contributed by atoms with Crippen molar-refractivity contribution in [1.82, 2.24) is 5.16 Å². The van der Waals surface area contributed by atoms with Crippen molar-refractivity contribution in [1.29, 1.82) is 0 Å². The van der Waals surface area contributed by atoms with Crippen molar-refractivity contribution in [2.24, 2.45) is 0 Å². The Kier molecular flexibility index (Phi) is 2.34. The third-order valence-electron chi connectivity index (χ3n) is 2.74. The summed E-state index contributed by atoms with van der Waals surface area (Å²) in [5.41, 5.74) is 1.96. The number of nitrogens with zero attached hydrogens (tertiary/aromatic N) is 1. The molecule has 0 aliphatic heterocycles. The summed E-state index contributed by atoms with van der Waals surface area (Å²) < 4.78 is 5.28. The molecule has 18 heavy (non-hydrogen) atoms. The van der Waals surface area contributed by atoms with E-state index in [1.165, 1.54) is 0 Å². The highest BCUT2D eigenvalue weighted by Gasteiger charge is 2.11. The molecule has 3 aromatic rings. The number of phenols is 1. The molecule has 0 aliphatic rings. The maximum absolute atomic E-state index is 10.8. The maximum Gasteiger partial charge on any atom is 0.174 e. The second kappa shape index (κ2) is 4.00. The summed E-state index contributed by atoms with van der Waals surface area (Å²) in [5.74, 6) is 0.702. The third-order valence-corrected chi connectivity index (χ3v) is 2.74. The van der Waals surface area contributed by atoms with E-state index in [0.29, 0.717) is 16.8 Å². The Morgan fingerprint density at radius 1 is 1.17 bits per heavy atom. The topological polar surface area (TPSA) is 63.3 Å². The average molecular weight is 239 g/mol. The fraction of sp³-hybridized carbons (Fsp3) is 0. The van der Waals surface area contributed by atoms with Gasteiger partial charge in [-0.05, 0) is 30.3 Å². The van der Waals surface area contributed by atoms with Crippen LogP contribution in [0.4, 0.5) is 0 Å². The zero-order valence-electron chi connectivity index (χ0n) is 9.33. The average Bonchev–Trinajstić information content (AvgIpc) is 2.81. The van der Waals surface area contributed by atoms with Gasteiger partial charge in [-0.2, -0.15) is 0 Å². The minimum atomic E-state index is 0.156. The molecule has 88 valence electrons. The second-order valence-corrected chi connectivity index (χ2v) is 3.96. The van der Waals surface area contributed by atoms with Crippen LogP contribution in [0, 0.1) is 0 Å². The molecule has 0 saturated heterocycles. The van der Waals surface area contributed by atoms with Crippen LogP contribution in [-0.4, -0.2) is 16.5 Å². The molecular weight excluding hydrogens is 230 g/mol. The van der Waals surface area contributed by atoms with Crippen LogP contribution >= 0.6 is 0 Å². The van der Waals surface area contributed by atoms with Gasteiger partial charge in [0.2, 0.25) is 0 Å². The van der Waals surface area contributed by atoms with Crippen LogP contribution in [0.1, 0.15) is 10.4 Å². The predicted octanol–water partition coefficient (Wildman–Crippen LogP) is 3.01. The van der Waals surface area contributed by atoms with Crippen LogP contribution in [0.3, 0.4) is 0 Å². The van der Waals surface area contributed by atoms with E-state index in [9.17, 15) is 9.90 Å². The molecule has 0 amide bonds.